The standard InChI is InChI=1S/C13H22N4O3/c1-4-10-11(17(18)19)12(16(3)15-10)14-9-13(2)5-7-20-8-6-13/h14H,4-9H2,1-3H3. The summed E-state index contributed by atoms with van der Waals surface area (Å²) in [5.41, 5.74) is 0.741. The van der Waals surface area contributed by atoms with Crippen molar-refractivity contribution >= 4 is 11.5 Å². The van der Waals surface area contributed by atoms with E-state index in [4.69, 9.17) is 4.74 Å². The fourth-order valence-corrected chi connectivity index (χ4v) is 2.53. The van der Waals surface area contributed by atoms with Crippen LogP contribution in [-0.2, 0) is 18.2 Å². The normalized spacial score (nSPS) is 17.9. The van der Waals surface area contributed by atoms with E-state index in [-0.39, 0.29) is 16.0 Å². The molecule has 1 aliphatic heterocycles. The molecular formula is C13H22N4O3. The van der Waals surface area contributed by atoms with Gasteiger partial charge in [-0.15, -0.1) is 0 Å². The van der Waals surface area contributed by atoms with Crippen molar-refractivity contribution in [3.8, 4) is 0 Å². The number of aromatic nitrogens is 2. The van der Waals surface area contributed by atoms with Crippen LogP contribution in [0.15, 0.2) is 0 Å². The summed E-state index contributed by atoms with van der Waals surface area (Å²) in [5.74, 6) is 0.500. The van der Waals surface area contributed by atoms with Gasteiger partial charge in [0.15, 0.2) is 0 Å². The van der Waals surface area contributed by atoms with Crippen LogP contribution in [0.1, 0.15) is 32.4 Å². The lowest BCUT2D eigenvalue weighted by molar-refractivity contribution is -0.384. The van der Waals surface area contributed by atoms with Crippen LogP contribution < -0.4 is 5.32 Å². The SMILES string of the molecule is CCc1nn(C)c(NCC2(C)CCOCC2)c1[N+](=O)[O-]. The highest BCUT2D eigenvalue weighted by Gasteiger charge is 2.30. The summed E-state index contributed by atoms with van der Waals surface area (Å²) in [4.78, 5) is 10.9. The molecule has 1 fully saturated rings. The van der Waals surface area contributed by atoms with Crippen LogP contribution in [0, 0.1) is 15.5 Å². The van der Waals surface area contributed by atoms with E-state index in [9.17, 15) is 10.1 Å². The van der Waals surface area contributed by atoms with Gasteiger partial charge in [0.2, 0.25) is 5.82 Å². The highest BCUT2D eigenvalue weighted by molar-refractivity contribution is 5.59. The van der Waals surface area contributed by atoms with E-state index >= 15 is 0 Å². The highest BCUT2D eigenvalue weighted by Crippen LogP contribution is 2.33. The quantitative estimate of drug-likeness (QED) is 0.660. The Hall–Kier alpha value is -1.63. The maximum Gasteiger partial charge on any atom is 0.333 e. The van der Waals surface area contributed by atoms with Crippen LogP contribution in [0.25, 0.3) is 0 Å². The maximum atomic E-state index is 11.2. The molecule has 1 N–H and O–H groups in total. The van der Waals surface area contributed by atoms with Crippen molar-refractivity contribution < 1.29 is 9.66 Å². The average molecular weight is 282 g/mol. The summed E-state index contributed by atoms with van der Waals surface area (Å²) < 4.78 is 6.94. The first-order chi connectivity index (χ1) is 9.47. The van der Waals surface area contributed by atoms with Gasteiger partial charge in [0, 0.05) is 26.8 Å². The van der Waals surface area contributed by atoms with E-state index in [1.165, 1.54) is 0 Å². The molecule has 1 aliphatic rings. The van der Waals surface area contributed by atoms with E-state index in [0.717, 1.165) is 26.1 Å². The zero-order chi connectivity index (χ0) is 14.8. The van der Waals surface area contributed by atoms with Crippen molar-refractivity contribution in [2.45, 2.75) is 33.1 Å². The minimum Gasteiger partial charge on any atom is -0.381 e. The molecule has 0 unspecified atom stereocenters. The molecule has 0 atom stereocenters. The van der Waals surface area contributed by atoms with Gasteiger partial charge in [-0.2, -0.15) is 5.10 Å². The molecule has 0 radical (unpaired) electrons. The van der Waals surface area contributed by atoms with Crippen LogP contribution in [0.2, 0.25) is 0 Å². The van der Waals surface area contributed by atoms with Gasteiger partial charge in [0.1, 0.15) is 5.69 Å². The summed E-state index contributed by atoms with van der Waals surface area (Å²) in [5, 5.41) is 18.7. The Morgan fingerprint density at radius 1 is 1.50 bits per heavy atom. The molecule has 0 amide bonds. The summed E-state index contributed by atoms with van der Waals surface area (Å²) in [6, 6.07) is 0. The Labute approximate surface area is 118 Å². The molecule has 1 aromatic heterocycles. The second-order valence-corrected chi connectivity index (χ2v) is 5.65. The molecule has 20 heavy (non-hydrogen) atoms. The van der Waals surface area contributed by atoms with E-state index in [2.05, 4.69) is 17.3 Å². The predicted molar refractivity (Wildman–Crippen MR) is 75.9 cm³/mol. The first kappa shape index (κ1) is 14.8. The second kappa shape index (κ2) is 5.78. The smallest absolute Gasteiger partial charge is 0.333 e. The van der Waals surface area contributed by atoms with Crippen LogP contribution in [0.4, 0.5) is 11.5 Å². The fourth-order valence-electron chi connectivity index (χ4n) is 2.53. The third-order valence-corrected chi connectivity index (χ3v) is 3.99. The van der Waals surface area contributed by atoms with Crippen molar-refractivity contribution in [3.05, 3.63) is 15.8 Å². The van der Waals surface area contributed by atoms with Crippen molar-refractivity contribution in [2.75, 3.05) is 25.1 Å². The van der Waals surface area contributed by atoms with Crippen molar-refractivity contribution in [2.24, 2.45) is 12.5 Å². The summed E-state index contributed by atoms with van der Waals surface area (Å²) in [7, 11) is 1.74. The van der Waals surface area contributed by atoms with Crippen LogP contribution in [0.3, 0.4) is 0 Å². The molecule has 0 bridgehead atoms. The monoisotopic (exact) mass is 282 g/mol. The summed E-state index contributed by atoms with van der Waals surface area (Å²) in [6.45, 7) is 6.27. The molecule has 1 aromatic rings. The number of aryl methyl sites for hydroxylation is 2. The van der Waals surface area contributed by atoms with Gasteiger partial charge in [0.25, 0.3) is 0 Å². The zero-order valence-electron chi connectivity index (χ0n) is 12.3. The van der Waals surface area contributed by atoms with Crippen molar-refractivity contribution in [1.29, 1.82) is 0 Å². The van der Waals surface area contributed by atoms with Gasteiger partial charge >= 0.3 is 5.69 Å². The molecule has 112 valence electrons. The third kappa shape index (κ3) is 2.92. The largest absolute Gasteiger partial charge is 0.381 e. The number of hydrogen-bond donors (Lipinski definition) is 1. The number of nitro groups is 1. The number of rotatable bonds is 5. The Morgan fingerprint density at radius 2 is 2.15 bits per heavy atom. The third-order valence-electron chi connectivity index (χ3n) is 3.99. The molecule has 0 saturated carbocycles. The fraction of sp³-hybridized carbons (Fsp3) is 0.769. The van der Waals surface area contributed by atoms with E-state index in [1.54, 1.807) is 11.7 Å². The van der Waals surface area contributed by atoms with Crippen molar-refractivity contribution in [1.82, 2.24) is 9.78 Å². The minimum absolute atomic E-state index is 0.102. The topological polar surface area (TPSA) is 82.2 Å². The number of ether oxygens (including phenoxy) is 1. The molecule has 7 heteroatoms. The molecule has 0 spiro atoms. The van der Waals surface area contributed by atoms with Gasteiger partial charge in [-0.05, 0) is 24.7 Å². The second-order valence-electron chi connectivity index (χ2n) is 5.65. The predicted octanol–water partition coefficient (Wildman–Crippen LogP) is 2.12. The van der Waals surface area contributed by atoms with Crippen molar-refractivity contribution in [3.63, 3.8) is 0 Å². The zero-order valence-corrected chi connectivity index (χ0v) is 12.3. The number of anilines is 1. The van der Waals surface area contributed by atoms with Crippen LogP contribution in [-0.4, -0.2) is 34.5 Å². The van der Waals surface area contributed by atoms with Crippen LogP contribution in [0.5, 0.6) is 0 Å². The van der Waals surface area contributed by atoms with Gasteiger partial charge in [0.05, 0.1) is 4.92 Å². The molecular weight excluding hydrogens is 260 g/mol. The Bertz CT molecular complexity index is 492. The molecule has 2 rings (SSSR count). The minimum atomic E-state index is -0.347. The van der Waals surface area contributed by atoms with E-state index in [0.29, 0.717) is 24.5 Å². The number of nitrogens with zero attached hydrogens (tertiary/aromatic N) is 3. The summed E-state index contributed by atoms with van der Waals surface area (Å²) in [6.07, 6.45) is 2.48. The average Bonchev–Trinajstić information content (AvgIpc) is 2.74. The summed E-state index contributed by atoms with van der Waals surface area (Å²) >= 11 is 0. The van der Waals surface area contributed by atoms with Gasteiger partial charge in [-0.3, -0.25) is 10.1 Å². The van der Waals surface area contributed by atoms with Crippen LogP contribution >= 0.6 is 0 Å². The van der Waals surface area contributed by atoms with E-state index < -0.39 is 0 Å². The lowest BCUT2D eigenvalue weighted by Crippen LogP contribution is -2.33. The lowest BCUT2D eigenvalue weighted by Gasteiger charge is -2.33. The molecule has 0 aromatic carbocycles. The number of nitrogens with one attached hydrogen (secondary N) is 1. The molecule has 1 saturated heterocycles. The Balaban J connectivity index is 2.16. The lowest BCUT2D eigenvalue weighted by atomic mass is 9.82. The number of hydrogen-bond acceptors (Lipinski definition) is 5. The Kier molecular flexibility index (Phi) is 4.27. The molecule has 2 heterocycles. The van der Waals surface area contributed by atoms with E-state index in [1.807, 2.05) is 6.92 Å². The Morgan fingerprint density at radius 3 is 2.70 bits per heavy atom. The van der Waals surface area contributed by atoms with Gasteiger partial charge < -0.3 is 10.1 Å². The van der Waals surface area contributed by atoms with Gasteiger partial charge in [-0.25, -0.2) is 4.68 Å². The van der Waals surface area contributed by atoms with Gasteiger partial charge in [-0.1, -0.05) is 13.8 Å². The highest BCUT2D eigenvalue weighted by atomic mass is 16.6. The first-order valence-corrected chi connectivity index (χ1v) is 6.99. The maximum absolute atomic E-state index is 11.2. The molecule has 7 nitrogen and oxygen atoms in total. The molecule has 0 aliphatic carbocycles. The first-order valence-electron chi connectivity index (χ1n) is 6.99.